The first-order chi connectivity index (χ1) is 5.33. The molecule has 0 saturated carbocycles. The molecule has 0 amide bonds. The summed E-state index contributed by atoms with van der Waals surface area (Å²) in [4.78, 5) is 0. The van der Waals surface area contributed by atoms with Crippen molar-refractivity contribution in [2.45, 2.75) is 38.7 Å². The molecular formula is C8H14OS2. The predicted octanol–water partition coefficient (Wildman–Crippen LogP) is 2.98. The third-order valence-corrected chi connectivity index (χ3v) is 3.10. The number of ether oxygens (including phenoxy) is 1. The van der Waals surface area contributed by atoms with Crippen molar-refractivity contribution in [3.05, 3.63) is 0 Å². The van der Waals surface area contributed by atoms with E-state index in [0.29, 0.717) is 6.10 Å². The van der Waals surface area contributed by atoms with Gasteiger partial charge in [0.1, 0.15) is 6.10 Å². The monoisotopic (exact) mass is 190 g/mol. The summed E-state index contributed by atoms with van der Waals surface area (Å²) in [5.74, 6) is 1.07. The van der Waals surface area contributed by atoms with E-state index in [1.165, 1.54) is 25.7 Å². The van der Waals surface area contributed by atoms with E-state index in [-0.39, 0.29) is 0 Å². The fourth-order valence-corrected chi connectivity index (χ4v) is 2.23. The van der Waals surface area contributed by atoms with E-state index in [0.717, 1.165) is 10.1 Å². The molecule has 0 aromatic heterocycles. The lowest BCUT2D eigenvalue weighted by Crippen LogP contribution is -2.08. The average molecular weight is 190 g/mol. The first-order valence-corrected chi connectivity index (χ1v) is 5.55. The maximum Gasteiger partial charge on any atom is 0.220 e. The molecular weight excluding hydrogens is 176 g/mol. The molecule has 1 unspecified atom stereocenters. The molecule has 1 nitrogen and oxygen atoms in total. The molecule has 0 aromatic carbocycles. The van der Waals surface area contributed by atoms with E-state index in [1.54, 1.807) is 11.8 Å². The molecule has 0 spiro atoms. The van der Waals surface area contributed by atoms with Gasteiger partial charge in [-0.1, -0.05) is 31.5 Å². The standard InChI is InChI=1S/C8H14OS2/c1-2-3-4-5-7-6-11-8(10)9-7/h7H,2-6H2,1H3. The second-order valence-corrected chi connectivity index (χ2v) is 4.42. The second kappa shape index (κ2) is 4.99. The highest BCUT2D eigenvalue weighted by atomic mass is 32.2. The average Bonchev–Trinajstić information content (AvgIpc) is 2.37. The van der Waals surface area contributed by atoms with Crippen LogP contribution in [0.5, 0.6) is 0 Å². The summed E-state index contributed by atoms with van der Waals surface area (Å²) < 4.78 is 6.14. The lowest BCUT2D eigenvalue weighted by atomic mass is 10.1. The van der Waals surface area contributed by atoms with Gasteiger partial charge in [0.15, 0.2) is 0 Å². The SMILES string of the molecule is CCCCCC1CSC(=S)O1. The van der Waals surface area contributed by atoms with Gasteiger partial charge in [-0.15, -0.1) is 0 Å². The van der Waals surface area contributed by atoms with E-state index < -0.39 is 0 Å². The summed E-state index contributed by atoms with van der Waals surface area (Å²) in [5, 5.41) is 0. The minimum Gasteiger partial charge on any atom is -0.474 e. The smallest absolute Gasteiger partial charge is 0.220 e. The third-order valence-electron chi connectivity index (χ3n) is 1.78. The molecule has 1 heterocycles. The maximum absolute atomic E-state index is 5.40. The van der Waals surface area contributed by atoms with Gasteiger partial charge in [-0.3, -0.25) is 0 Å². The molecule has 0 N–H and O–H groups in total. The fourth-order valence-electron chi connectivity index (χ4n) is 1.13. The summed E-state index contributed by atoms with van der Waals surface area (Å²) in [6, 6.07) is 0. The van der Waals surface area contributed by atoms with Crippen molar-refractivity contribution in [2.75, 3.05) is 5.75 Å². The molecule has 1 rings (SSSR count). The van der Waals surface area contributed by atoms with Crippen molar-refractivity contribution in [1.29, 1.82) is 0 Å². The van der Waals surface area contributed by atoms with Crippen LogP contribution in [0.25, 0.3) is 0 Å². The molecule has 1 aliphatic heterocycles. The number of rotatable bonds is 4. The summed E-state index contributed by atoms with van der Waals surface area (Å²) in [6.45, 7) is 2.22. The van der Waals surface area contributed by atoms with E-state index in [9.17, 15) is 0 Å². The molecule has 0 bridgehead atoms. The Bertz CT molecular complexity index is 136. The highest BCUT2D eigenvalue weighted by molar-refractivity contribution is 8.22. The van der Waals surface area contributed by atoms with Crippen LogP contribution < -0.4 is 0 Å². The van der Waals surface area contributed by atoms with Crippen LogP contribution in [0.15, 0.2) is 0 Å². The number of thioether (sulfide) groups is 1. The molecule has 0 aliphatic carbocycles. The molecule has 1 aliphatic rings. The van der Waals surface area contributed by atoms with E-state index in [4.69, 9.17) is 17.0 Å². The lowest BCUT2D eigenvalue weighted by molar-refractivity contribution is 0.220. The van der Waals surface area contributed by atoms with Gasteiger partial charge in [0.25, 0.3) is 0 Å². The van der Waals surface area contributed by atoms with E-state index >= 15 is 0 Å². The largest absolute Gasteiger partial charge is 0.474 e. The predicted molar refractivity (Wildman–Crippen MR) is 54.1 cm³/mol. The van der Waals surface area contributed by atoms with Gasteiger partial charge in [0, 0.05) is 5.75 Å². The Hall–Kier alpha value is 0.240. The highest BCUT2D eigenvalue weighted by Gasteiger charge is 2.19. The van der Waals surface area contributed by atoms with E-state index in [1.807, 2.05) is 0 Å². The molecule has 1 saturated heterocycles. The number of unbranched alkanes of at least 4 members (excludes halogenated alkanes) is 2. The van der Waals surface area contributed by atoms with Gasteiger partial charge < -0.3 is 4.74 Å². The molecule has 0 radical (unpaired) electrons. The minimum atomic E-state index is 0.416. The molecule has 1 atom stereocenters. The Balaban J connectivity index is 2.04. The van der Waals surface area contributed by atoms with Crippen LogP contribution in [0, 0.1) is 0 Å². The molecule has 1 fully saturated rings. The van der Waals surface area contributed by atoms with Crippen molar-refractivity contribution in [1.82, 2.24) is 0 Å². The van der Waals surface area contributed by atoms with Crippen molar-refractivity contribution in [3.63, 3.8) is 0 Å². The van der Waals surface area contributed by atoms with Crippen LogP contribution in [0.4, 0.5) is 0 Å². The summed E-state index contributed by atoms with van der Waals surface area (Å²) in [6.07, 6.45) is 5.48. The molecule has 11 heavy (non-hydrogen) atoms. The van der Waals surface area contributed by atoms with Gasteiger partial charge in [0.2, 0.25) is 4.38 Å². The summed E-state index contributed by atoms with van der Waals surface area (Å²) >= 11 is 6.59. The first-order valence-electron chi connectivity index (χ1n) is 4.16. The topological polar surface area (TPSA) is 9.23 Å². The van der Waals surface area contributed by atoms with E-state index in [2.05, 4.69) is 6.92 Å². The number of thiocarbonyl (C=S) groups is 1. The Morgan fingerprint density at radius 2 is 2.45 bits per heavy atom. The van der Waals surface area contributed by atoms with Gasteiger partial charge in [0.05, 0.1) is 0 Å². The quantitative estimate of drug-likeness (QED) is 0.498. The molecule has 64 valence electrons. The van der Waals surface area contributed by atoms with Crippen molar-refractivity contribution in [3.8, 4) is 0 Å². The van der Waals surface area contributed by atoms with Gasteiger partial charge in [-0.2, -0.15) is 0 Å². The minimum absolute atomic E-state index is 0.416. The number of hydrogen-bond donors (Lipinski definition) is 0. The maximum atomic E-state index is 5.40. The highest BCUT2D eigenvalue weighted by Crippen LogP contribution is 2.23. The fraction of sp³-hybridized carbons (Fsp3) is 0.875. The van der Waals surface area contributed by atoms with Crippen LogP contribution in [0.1, 0.15) is 32.6 Å². The first kappa shape index (κ1) is 9.33. The Morgan fingerprint density at radius 3 is 3.00 bits per heavy atom. The summed E-state index contributed by atoms with van der Waals surface area (Å²) in [5.41, 5.74) is 0. The normalized spacial score (nSPS) is 23.7. The van der Waals surface area contributed by atoms with Crippen LogP contribution in [0.2, 0.25) is 0 Å². The molecule has 3 heteroatoms. The lowest BCUT2D eigenvalue weighted by Gasteiger charge is -2.06. The zero-order valence-corrected chi connectivity index (χ0v) is 8.47. The zero-order valence-electron chi connectivity index (χ0n) is 6.84. The van der Waals surface area contributed by atoms with Gasteiger partial charge >= 0.3 is 0 Å². The van der Waals surface area contributed by atoms with Crippen LogP contribution >= 0.6 is 24.0 Å². The van der Waals surface area contributed by atoms with Gasteiger partial charge in [-0.05, 0) is 25.1 Å². The van der Waals surface area contributed by atoms with Crippen molar-refractivity contribution < 1.29 is 4.74 Å². The zero-order chi connectivity index (χ0) is 8.10. The van der Waals surface area contributed by atoms with Crippen molar-refractivity contribution >= 4 is 28.4 Å². The van der Waals surface area contributed by atoms with Crippen molar-refractivity contribution in [2.24, 2.45) is 0 Å². The molecule has 0 aromatic rings. The number of hydrogen-bond acceptors (Lipinski definition) is 3. The van der Waals surface area contributed by atoms with Crippen LogP contribution in [-0.4, -0.2) is 16.2 Å². The van der Waals surface area contributed by atoms with Gasteiger partial charge in [-0.25, -0.2) is 0 Å². The Morgan fingerprint density at radius 1 is 1.64 bits per heavy atom. The second-order valence-electron chi connectivity index (χ2n) is 2.80. The Labute approximate surface area is 77.9 Å². The van der Waals surface area contributed by atoms with Crippen LogP contribution in [-0.2, 0) is 4.74 Å². The van der Waals surface area contributed by atoms with Crippen LogP contribution in [0.3, 0.4) is 0 Å². The summed E-state index contributed by atoms with van der Waals surface area (Å²) in [7, 11) is 0. The third kappa shape index (κ3) is 3.43. The Kier molecular flexibility index (Phi) is 4.23.